The number of hydrogen-bond donors (Lipinski definition) is 3. The first-order valence-electron chi connectivity index (χ1n) is 4.56. The van der Waals surface area contributed by atoms with E-state index in [-0.39, 0.29) is 5.56 Å². The van der Waals surface area contributed by atoms with Gasteiger partial charge in [-0.15, -0.1) is 0 Å². The predicted octanol–water partition coefficient (Wildman–Crippen LogP) is 1.81. The number of aromatic amines is 3. The van der Waals surface area contributed by atoms with Crippen molar-refractivity contribution in [2.75, 3.05) is 5.75 Å². The second-order valence-electron chi connectivity index (χ2n) is 3.02. The van der Waals surface area contributed by atoms with Crippen LogP contribution < -0.4 is 5.56 Å². The van der Waals surface area contributed by atoms with Crippen LogP contribution in [0, 0.1) is 4.77 Å². The highest BCUT2D eigenvalue weighted by Gasteiger charge is 2.06. The van der Waals surface area contributed by atoms with Crippen LogP contribution in [0.2, 0.25) is 0 Å². The molecule has 0 saturated carbocycles. The van der Waals surface area contributed by atoms with Gasteiger partial charge < -0.3 is 9.97 Å². The summed E-state index contributed by atoms with van der Waals surface area (Å²) in [4.78, 5) is 24.0. The molecule has 0 aliphatic heterocycles. The third-order valence-electron chi connectivity index (χ3n) is 1.81. The Hall–Kier alpha value is -1.08. The van der Waals surface area contributed by atoms with Crippen LogP contribution in [0.15, 0.2) is 9.95 Å². The maximum Gasteiger partial charge on any atom is 0.277 e. The van der Waals surface area contributed by atoms with Gasteiger partial charge in [-0.05, 0) is 18.6 Å². The van der Waals surface area contributed by atoms with Crippen LogP contribution in [0.3, 0.4) is 0 Å². The molecule has 0 radical (unpaired) electrons. The lowest BCUT2D eigenvalue weighted by Gasteiger charge is -1.90. The van der Waals surface area contributed by atoms with Crippen LogP contribution in [0.1, 0.15) is 13.3 Å². The first-order chi connectivity index (χ1) is 7.20. The van der Waals surface area contributed by atoms with Gasteiger partial charge in [0.2, 0.25) is 0 Å². The molecule has 0 unspecified atom stereocenters. The molecule has 0 spiro atoms. The van der Waals surface area contributed by atoms with Crippen molar-refractivity contribution >= 4 is 35.1 Å². The molecule has 0 amide bonds. The van der Waals surface area contributed by atoms with Crippen molar-refractivity contribution in [1.29, 1.82) is 0 Å². The third-order valence-corrected chi connectivity index (χ3v) is 3.09. The van der Waals surface area contributed by atoms with E-state index in [9.17, 15) is 4.79 Å². The van der Waals surface area contributed by atoms with E-state index in [2.05, 4.69) is 26.9 Å². The summed E-state index contributed by atoms with van der Waals surface area (Å²) in [6, 6.07) is 0. The SMILES string of the molecule is CCCSc1nc2[nH]c(=S)[nH]c(=O)c2[nH]1. The summed E-state index contributed by atoms with van der Waals surface area (Å²) >= 11 is 6.44. The van der Waals surface area contributed by atoms with Crippen molar-refractivity contribution in [3.05, 3.63) is 15.1 Å². The average molecular weight is 242 g/mol. The number of H-pyrrole nitrogens is 3. The predicted molar refractivity (Wildman–Crippen MR) is 62.9 cm³/mol. The number of fused-ring (bicyclic) bond motifs is 1. The Bertz CT molecular complexity index is 582. The van der Waals surface area contributed by atoms with E-state index in [0.717, 1.165) is 17.3 Å². The molecule has 0 saturated heterocycles. The molecule has 2 aromatic rings. The minimum atomic E-state index is -0.232. The van der Waals surface area contributed by atoms with Gasteiger partial charge in [0.05, 0.1) is 0 Å². The van der Waals surface area contributed by atoms with Crippen molar-refractivity contribution in [3.8, 4) is 0 Å². The number of hydrogen-bond acceptors (Lipinski definition) is 4. The monoisotopic (exact) mass is 242 g/mol. The topological polar surface area (TPSA) is 77.3 Å². The van der Waals surface area contributed by atoms with Crippen molar-refractivity contribution < 1.29 is 0 Å². The van der Waals surface area contributed by atoms with E-state index in [1.54, 1.807) is 11.8 Å². The lowest BCUT2D eigenvalue weighted by molar-refractivity contribution is 1.05. The zero-order chi connectivity index (χ0) is 10.8. The van der Waals surface area contributed by atoms with E-state index in [4.69, 9.17) is 12.2 Å². The summed E-state index contributed by atoms with van der Waals surface area (Å²) in [5.41, 5.74) is 0.731. The van der Waals surface area contributed by atoms with Gasteiger partial charge in [-0.25, -0.2) is 4.98 Å². The molecule has 2 aromatic heterocycles. The zero-order valence-electron chi connectivity index (χ0n) is 8.09. The molecular formula is C8H10N4OS2. The van der Waals surface area contributed by atoms with Crippen LogP contribution in [0.25, 0.3) is 11.2 Å². The Morgan fingerprint density at radius 3 is 2.93 bits per heavy atom. The van der Waals surface area contributed by atoms with Crippen molar-refractivity contribution in [3.63, 3.8) is 0 Å². The standard InChI is InChI=1S/C8H10N4OS2/c1-2-3-15-8-9-4-5(11-8)10-7(14)12-6(4)13/h2-3H2,1H3,(H3,9,10,11,12,13,14). The van der Waals surface area contributed by atoms with Gasteiger partial charge in [0, 0.05) is 5.75 Å². The number of thioether (sulfide) groups is 1. The molecule has 2 rings (SSSR count). The van der Waals surface area contributed by atoms with Crippen molar-refractivity contribution in [1.82, 2.24) is 19.9 Å². The maximum absolute atomic E-state index is 11.5. The normalized spacial score (nSPS) is 11.0. The van der Waals surface area contributed by atoms with Crippen LogP contribution in [0.4, 0.5) is 0 Å². The zero-order valence-corrected chi connectivity index (χ0v) is 9.72. The molecule has 0 aromatic carbocycles. The van der Waals surface area contributed by atoms with Crippen LogP contribution >= 0.6 is 24.0 Å². The molecule has 3 N–H and O–H groups in total. The van der Waals surface area contributed by atoms with Gasteiger partial charge in [0.1, 0.15) is 5.52 Å². The molecule has 0 aliphatic carbocycles. The highest BCUT2D eigenvalue weighted by atomic mass is 32.2. The highest BCUT2D eigenvalue weighted by Crippen LogP contribution is 2.16. The minimum absolute atomic E-state index is 0.232. The third kappa shape index (κ3) is 2.13. The Kier molecular flexibility index (Phi) is 2.92. The summed E-state index contributed by atoms with van der Waals surface area (Å²) in [6.45, 7) is 2.09. The second-order valence-corrected chi connectivity index (χ2v) is 4.51. The molecule has 2 heterocycles. The van der Waals surface area contributed by atoms with E-state index < -0.39 is 0 Å². The summed E-state index contributed by atoms with van der Waals surface area (Å²) in [5, 5.41) is 0.745. The van der Waals surface area contributed by atoms with Gasteiger partial charge in [-0.1, -0.05) is 18.7 Å². The van der Waals surface area contributed by atoms with E-state index >= 15 is 0 Å². The maximum atomic E-state index is 11.5. The summed E-state index contributed by atoms with van der Waals surface area (Å²) in [5.74, 6) is 0.971. The lowest BCUT2D eigenvalue weighted by Crippen LogP contribution is -2.07. The average Bonchev–Trinajstić information content (AvgIpc) is 2.57. The van der Waals surface area contributed by atoms with Gasteiger partial charge in [-0.2, -0.15) is 0 Å². The van der Waals surface area contributed by atoms with Crippen LogP contribution in [-0.4, -0.2) is 25.7 Å². The number of aromatic nitrogens is 4. The molecule has 0 fully saturated rings. The fourth-order valence-corrected chi connectivity index (χ4v) is 2.09. The Morgan fingerprint density at radius 2 is 2.20 bits per heavy atom. The fourth-order valence-electron chi connectivity index (χ4n) is 1.18. The van der Waals surface area contributed by atoms with Gasteiger partial charge in [0.15, 0.2) is 15.6 Å². The van der Waals surface area contributed by atoms with Crippen LogP contribution in [0.5, 0.6) is 0 Å². The number of imidazole rings is 1. The van der Waals surface area contributed by atoms with Gasteiger partial charge in [0.25, 0.3) is 5.56 Å². The second kappa shape index (κ2) is 4.19. The van der Waals surface area contributed by atoms with E-state index in [0.29, 0.717) is 15.9 Å². The molecule has 0 bridgehead atoms. The minimum Gasteiger partial charge on any atom is -0.327 e. The molecule has 15 heavy (non-hydrogen) atoms. The molecule has 80 valence electrons. The summed E-state index contributed by atoms with van der Waals surface area (Å²) in [6.07, 6.45) is 1.06. The Balaban J connectivity index is 2.51. The number of rotatable bonds is 3. The Labute approximate surface area is 94.7 Å². The summed E-state index contributed by atoms with van der Waals surface area (Å²) < 4.78 is 0.297. The van der Waals surface area contributed by atoms with Gasteiger partial charge >= 0.3 is 0 Å². The lowest BCUT2D eigenvalue weighted by atomic mass is 10.6. The fraction of sp³-hybridized carbons (Fsp3) is 0.375. The molecule has 7 heteroatoms. The largest absolute Gasteiger partial charge is 0.327 e. The van der Waals surface area contributed by atoms with Crippen LogP contribution in [-0.2, 0) is 0 Å². The van der Waals surface area contributed by atoms with E-state index in [1.807, 2.05) is 0 Å². The quantitative estimate of drug-likeness (QED) is 0.566. The first-order valence-corrected chi connectivity index (χ1v) is 5.95. The highest BCUT2D eigenvalue weighted by molar-refractivity contribution is 7.99. The van der Waals surface area contributed by atoms with E-state index in [1.165, 1.54) is 0 Å². The van der Waals surface area contributed by atoms with Crippen molar-refractivity contribution in [2.24, 2.45) is 0 Å². The number of nitrogens with one attached hydrogen (secondary N) is 3. The van der Waals surface area contributed by atoms with Gasteiger partial charge in [-0.3, -0.25) is 9.78 Å². The smallest absolute Gasteiger partial charge is 0.277 e. The van der Waals surface area contributed by atoms with Crippen molar-refractivity contribution in [2.45, 2.75) is 18.5 Å². The molecule has 0 aliphatic rings. The summed E-state index contributed by atoms with van der Waals surface area (Å²) in [7, 11) is 0. The first kappa shape index (κ1) is 10.4. The molecule has 0 atom stereocenters. The number of nitrogens with zero attached hydrogens (tertiary/aromatic N) is 1. The molecular weight excluding hydrogens is 232 g/mol. The molecule has 5 nitrogen and oxygen atoms in total. The Morgan fingerprint density at radius 1 is 1.40 bits per heavy atom.